The van der Waals surface area contributed by atoms with Crippen LogP contribution in [0.15, 0.2) is 24.3 Å². The van der Waals surface area contributed by atoms with Crippen molar-refractivity contribution in [2.45, 2.75) is 58.6 Å². The molecule has 0 saturated heterocycles. The van der Waals surface area contributed by atoms with Crippen LogP contribution >= 0.6 is 0 Å². The minimum absolute atomic E-state index is 0.110. The van der Waals surface area contributed by atoms with Gasteiger partial charge in [0.2, 0.25) is 0 Å². The fourth-order valence-electron chi connectivity index (χ4n) is 2.01. The first-order valence-corrected chi connectivity index (χ1v) is 6.72. The van der Waals surface area contributed by atoms with E-state index in [0.717, 1.165) is 13.0 Å². The summed E-state index contributed by atoms with van der Waals surface area (Å²) in [6.45, 7) is 11.3. The van der Waals surface area contributed by atoms with E-state index in [1.54, 1.807) is 0 Å². The Bertz CT molecular complexity index is 377. The van der Waals surface area contributed by atoms with E-state index in [1.807, 2.05) is 19.1 Å². The van der Waals surface area contributed by atoms with Crippen LogP contribution in [0.4, 0.5) is 0 Å². The minimum Gasteiger partial charge on any atom is -0.390 e. The molecule has 2 N–H and O–H groups in total. The average Bonchev–Trinajstić information content (AvgIpc) is 2.18. The molecule has 0 radical (unpaired) electrons. The molecule has 2 nitrogen and oxygen atoms in total. The van der Waals surface area contributed by atoms with Crippen molar-refractivity contribution in [1.29, 1.82) is 0 Å². The Kier molecular flexibility index (Phi) is 4.94. The summed E-state index contributed by atoms with van der Waals surface area (Å²) in [5.74, 6) is 0. The molecule has 1 unspecified atom stereocenters. The molecule has 0 aliphatic carbocycles. The fourth-order valence-corrected chi connectivity index (χ4v) is 2.01. The third-order valence-electron chi connectivity index (χ3n) is 3.15. The molecular weight excluding hydrogens is 222 g/mol. The summed E-state index contributed by atoms with van der Waals surface area (Å²) in [5, 5.41) is 13.9. The minimum atomic E-state index is -0.648. The van der Waals surface area contributed by atoms with Crippen molar-refractivity contribution in [2.24, 2.45) is 0 Å². The number of aliphatic hydroxyl groups is 1. The van der Waals surface area contributed by atoms with E-state index in [9.17, 15) is 5.11 Å². The molecule has 18 heavy (non-hydrogen) atoms. The molecule has 0 amide bonds. The number of nitrogens with one attached hydrogen (secondary N) is 1. The van der Waals surface area contributed by atoms with Crippen molar-refractivity contribution in [1.82, 2.24) is 5.32 Å². The van der Waals surface area contributed by atoms with Crippen LogP contribution in [-0.2, 0) is 6.42 Å². The van der Waals surface area contributed by atoms with Gasteiger partial charge in [-0.05, 0) is 58.7 Å². The van der Waals surface area contributed by atoms with Gasteiger partial charge in [0.25, 0.3) is 0 Å². The third kappa shape index (κ3) is 5.65. The van der Waals surface area contributed by atoms with Gasteiger partial charge < -0.3 is 10.4 Å². The molecule has 0 saturated carbocycles. The van der Waals surface area contributed by atoms with Crippen LogP contribution in [0.3, 0.4) is 0 Å². The zero-order valence-electron chi connectivity index (χ0n) is 12.4. The summed E-state index contributed by atoms with van der Waals surface area (Å²) < 4.78 is 0. The second-order valence-electron chi connectivity index (χ2n) is 6.53. The lowest BCUT2D eigenvalue weighted by Crippen LogP contribution is -2.40. The number of rotatable bonds is 5. The van der Waals surface area contributed by atoms with Crippen molar-refractivity contribution in [2.75, 3.05) is 6.54 Å². The molecule has 0 aromatic heterocycles. The maximum Gasteiger partial charge on any atom is 0.0672 e. The number of hydrogen-bond donors (Lipinski definition) is 2. The van der Waals surface area contributed by atoms with E-state index in [0.29, 0.717) is 6.42 Å². The molecule has 1 rings (SSSR count). The topological polar surface area (TPSA) is 32.3 Å². The summed E-state index contributed by atoms with van der Waals surface area (Å²) in [6, 6.07) is 8.26. The van der Waals surface area contributed by atoms with E-state index < -0.39 is 5.60 Å². The Balaban J connectivity index is 2.52. The van der Waals surface area contributed by atoms with Gasteiger partial charge in [-0.2, -0.15) is 0 Å². The van der Waals surface area contributed by atoms with Gasteiger partial charge >= 0.3 is 0 Å². The molecule has 0 fully saturated rings. The Morgan fingerprint density at radius 1 is 1.11 bits per heavy atom. The van der Waals surface area contributed by atoms with Gasteiger partial charge in [-0.3, -0.25) is 0 Å². The monoisotopic (exact) mass is 249 g/mol. The van der Waals surface area contributed by atoms with E-state index >= 15 is 0 Å². The van der Waals surface area contributed by atoms with Crippen molar-refractivity contribution in [3.8, 4) is 0 Å². The van der Waals surface area contributed by atoms with Crippen LogP contribution in [0, 0.1) is 6.92 Å². The maximum atomic E-state index is 10.4. The zero-order chi connectivity index (χ0) is 13.8. The molecule has 0 aliphatic rings. The first-order chi connectivity index (χ1) is 8.20. The average molecular weight is 249 g/mol. The Hall–Kier alpha value is -0.860. The van der Waals surface area contributed by atoms with Crippen molar-refractivity contribution in [3.63, 3.8) is 0 Å². The molecule has 1 aromatic carbocycles. The van der Waals surface area contributed by atoms with Crippen LogP contribution in [0.5, 0.6) is 0 Å². The van der Waals surface area contributed by atoms with E-state index in [-0.39, 0.29) is 5.54 Å². The van der Waals surface area contributed by atoms with Gasteiger partial charge in [0.1, 0.15) is 0 Å². The van der Waals surface area contributed by atoms with E-state index in [4.69, 9.17) is 0 Å². The molecule has 0 aliphatic heterocycles. The lowest BCUT2D eigenvalue weighted by Gasteiger charge is -2.27. The highest BCUT2D eigenvalue weighted by Crippen LogP contribution is 2.19. The Morgan fingerprint density at radius 3 is 2.28 bits per heavy atom. The molecule has 1 aromatic rings. The molecule has 1 atom stereocenters. The van der Waals surface area contributed by atoms with Crippen LogP contribution < -0.4 is 5.32 Å². The summed E-state index contributed by atoms with van der Waals surface area (Å²) in [7, 11) is 0. The summed E-state index contributed by atoms with van der Waals surface area (Å²) in [6.07, 6.45) is 1.48. The molecule has 0 spiro atoms. The smallest absolute Gasteiger partial charge is 0.0672 e. The second kappa shape index (κ2) is 5.85. The molecule has 0 bridgehead atoms. The second-order valence-corrected chi connectivity index (χ2v) is 6.53. The van der Waals surface area contributed by atoms with Gasteiger partial charge in [0, 0.05) is 12.0 Å². The largest absolute Gasteiger partial charge is 0.390 e. The predicted octanol–water partition coefficient (Wildman–Crippen LogP) is 3.07. The summed E-state index contributed by atoms with van der Waals surface area (Å²) in [4.78, 5) is 0. The molecular formula is C16H27NO. The number of aryl methyl sites for hydroxylation is 1. The first kappa shape index (κ1) is 15.2. The normalized spacial score (nSPS) is 15.4. The lowest BCUT2D eigenvalue weighted by atomic mass is 9.91. The molecule has 2 heteroatoms. The van der Waals surface area contributed by atoms with E-state index in [1.165, 1.54) is 11.1 Å². The number of benzene rings is 1. The third-order valence-corrected chi connectivity index (χ3v) is 3.15. The van der Waals surface area contributed by atoms with Crippen molar-refractivity contribution >= 4 is 0 Å². The van der Waals surface area contributed by atoms with Crippen LogP contribution in [0.1, 0.15) is 45.2 Å². The summed E-state index contributed by atoms with van der Waals surface area (Å²) >= 11 is 0. The molecule has 0 heterocycles. The standard InChI is InChI=1S/C16H27NO/c1-13-8-6-7-9-14(13)12-16(5,18)10-11-17-15(2,3)4/h6-9,17-18H,10-12H2,1-5H3. The van der Waals surface area contributed by atoms with Crippen molar-refractivity contribution in [3.05, 3.63) is 35.4 Å². The Labute approximate surface area is 111 Å². The Morgan fingerprint density at radius 2 is 1.72 bits per heavy atom. The van der Waals surface area contributed by atoms with Crippen LogP contribution in [-0.4, -0.2) is 22.8 Å². The SMILES string of the molecule is Cc1ccccc1CC(C)(O)CCNC(C)(C)C. The van der Waals surface area contributed by atoms with Gasteiger partial charge in [0.15, 0.2) is 0 Å². The highest BCUT2D eigenvalue weighted by molar-refractivity contribution is 5.26. The van der Waals surface area contributed by atoms with E-state index in [2.05, 4.69) is 45.1 Å². The molecule has 102 valence electrons. The highest BCUT2D eigenvalue weighted by atomic mass is 16.3. The lowest BCUT2D eigenvalue weighted by molar-refractivity contribution is 0.0498. The number of hydrogen-bond acceptors (Lipinski definition) is 2. The first-order valence-electron chi connectivity index (χ1n) is 6.72. The van der Waals surface area contributed by atoms with Gasteiger partial charge in [0.05, 0.1) is 5.60 Å². The van der Waals surface area contributed by atoms with Crippen molar-refractivity contribution < 1.29 is 5.11 Å². The van der Waals surface area contributed by atoms with Gasteiger partial charge in [-0.15, -0.1) is 0 Å². The van der Waals surface area contributed by atoms with Gasteiger partial charge in [-0.1, -0.05) is 24.3 Å². The van der Waals surface area contributed by atoms with Crippen LogP contribution in [0.25, 0.3) is 0 Å². The van der Waals surface area contributed by atoms with Crippen LogP contribution in [0.2, 0.25) is 0 Å². The van der Waals surface area contributed by atoms with Gasteiger partial charge in [-0.25, -0.2) is 0 Å². The maximum absolute atomic E-state index is 10.4. The quantitative estimate of drug-likeness (QED) is 0.840. The summed E-state index contributed by atoms with van der Waals surface area (Å²) in [5.41, 5.74) is 1.95. The highest BCUT2D eigenvalue weighted by Gasteiger charge is 2.22. The zero-order valence-corrected chi connectivity index (χ0v) is 12.4. The predicted molar refractivity (Wildman–Crippen MR) is 77.9 cm³/mol. The fraction of sp³-hybridized carbons (Fsp3) is 0.625.